The van der Waals surface area contributed by atoms with Gasteiger partial charge in [0.25, 0.3) is 0 Å². The van der Waals surface area contributed by atoms with E-state index >= 15 is 0 Å². The zero-order valence-electron chi connectivity index (χ0n) is 9.82. The number of imidazole rings is 1. The molecule has 1 aliphatic rings. The SMILES string of the molecule is c1ccc2c(c1)CCCC2NCc1ncc[nH]1. The van der Waals surface area contributed by atoms with Gasteiger partial charge in [0.15, 0.2) is 0 Å². The van der Waals surface area contributed by atoms with Crippen molar-refractivity contribution in [3.05, 3.63) is 53.6 Å². The number of rotatable bonds is 3. The van der Waals surface area contributed by atoms with Gasteiger partial charge in [0.05, 0.1) is 6.54 Å². The quantitative estimate of drug-likeness (QED) is 0.846. The Labute approximate surface area is 101 Å². The fraction of sp³-hybridized carbons (Fsp3) is 0.357. The highest BCUT2D eigenvalue weighted by Gasteiger charge is 2.18. The molecule has 0 saturated carbocycles. The summed E-state index contributed by atoms with van der Waals surface area (Å²) in [6.45, 7) is 0.812. The largest absolute Gasteiger partial charge is 0.348 e. The van der Waals surface area contributed by atoms with Crippen molar-refractivity contribution in [3.8, 4) is 0 Å². The second-order valence-corrected chi connectivity index (χ2v) is 4.56. The average Bonchev–Trinajstić information content (AvgIpc) is 2.89. The lowest BCUT2D eigenvalue weighted by Gasteiger charge is -2.26. The van der Waals surface area contributed by atoms with Crippen LogP contribution in [0.2, 0.25) is 0 Å². The standard InChI is InChI=1S/C14H17N3/c1-2-6-12-11(4-1)5-3-7-13(12)17-10-14-15-8-9-16-14/h1-2,4,6,8-9,13,17H,3,5,7,10H2,(H,15,16). The van der Waals surface area contributed by atoms with Gasteiger partial charge < -0.3 is 10.3 Å². The van der Waals surface area contributed by atoms with Crippen LogP contribution in [0.5, 0.6) is 0 Å². The number of hydrogen-bond donors (Lipinski definition) is 2. The zero-order chi connectivity index (χ0) is 11.5. The predicted octanol–water partition coefficient (Wildman–Crippen LogP) is 2.58. The van der Waals surface area contributed by atoms with Gasteiger partial charge in [-0.3, -0.25) is 0 Å². The Morgan fingerprint density at radius 3 is 3.18 bits per heavy atom. The molecular weight excluding hydrogens is 210 g/mol. The highest BCUT2D eigenvalue weighted by atomic mass is 15.0. The summed E-state index contributed by atoms with van der Waals surface area (Å²) in [5.41, 5.74) is 2.96. The molecule has 0 radical (unpaired) electrons. The van der Waals surface area contributed by atoms with Crippen molar-refractivity contribution in [1.29, 1.82) is 0 Å². The lowest BCUT2D eigenvalue weighted by atomic mass is 9.88. The van der Waals surface area contributed by atoms with E-state index in [4.69, 9.17) is 0 Å². The highest BCUT2D eigenvalue weighted by molar-refractivity contribution is 5.32. The second-order valence-electron chi connectivity index (χ2n) is 4.56. The summed E-state index contributed by atoms with van der Waals surface area (Å²) < 4.78 is 0. The molecule has 1 aromatic carbocycles. The molecule has 88 valence electrons. The first-order valence-electron chi connectivity index (χ1n) is 6.23. The third-order valence-corrected chi connectivity index (χ3v) is 3.44. The van der Waals surface area contributed by atoms with Gasteiger partial charge in [-0.15, -0.1) is 0 Å². The molecule has 2 aromatic rings. The lowest BCUT2D eigenvalue weighted by Crippen LogP contribution is -2.25. The third-order valence-electron chi connectivity index (χ3n) is 3.44. The van der Waals surface area contributed by atoms with Crippen LogP contribution in [-0.4, -0.2) is 9.97 Å². The average molecular weight is 227 g/mol. The van der Waals surface area contributed by atoms with E-state index < -0.39 is 0 Å². The predicted molar refractivity (Wildman–Crippen MR) is 67.5 cm³/mol. The van der Waals surface area contributed by atoms with Crippen LogP contribution in [-0.2, 0) is 13.0 Å². The summed E-state index contributed by atoms with van der Waals surface area (Å²) >= 11 is 0. The van der Waals surface area contributed by atoms with E-state index in [9.17, 15) is 0 Å². The molecule has 0 amide bonds. The summed E-state index contributed by atoms with van der Waals surface area (Å²) in [5.74, 6) is 1.01. The van der Waals surface area contributed by atoms with Gasteiger partial charge in [-0.1, -0.05) is 24.3 Å². The van der Waals surface area contributed by atoms with Crippen LogP contribution in [0.15, 0.2) is 36.7 Å². The minimum Gasteiger partial charge on any atom is -0.348 e. The molecular formula is C14H17N3. The van der Waals surface area contributed by atoms with Crippen LogP contribution < -0.4 is 5.32 Å². The molecule has 3 heteroatoms. The number of aromatic amines is 1. The molecule has 17 heavy (non-hydrogen) atoms. The molecule has 3 nitrogen and oxygen atoms in total. The maximum absolute atomic E-state index is 4.24. The van der Waals surface area contributed by atoms with Gasteiger partial charge in [-0.2, -0.15) is 0 Å². The molecule has 0 bridgehead atoms. The number of aryl methyl sites for hydroxylation is 1. The molecule has 1 atom stereocenters. The molecule has 0 saturated heterocycles. The molecule has 1 heterocycles. The van der Waals surface area contributed by atoms with Crippen LogP contribution in [0.4, 0.5) is 0 Å². The first-order valence-corrected chi connectivity index (χ1v) is 6.23. The summed E-state index contributed by atoms with van der Waals surface area (Å²) in [4.78, 5) is 7.37. The zero-order valence-corrected chi connectivity index (χ0v) is 9.82. The van der Waals surface area contributed by atoms with Crippen molar-refractivity contribution in [2.45, 2.75) is 31.8 Å². The lowest BCUT2D eigenvalue weighted by molar-refractivity contribution is 0.454. The molecule has 0 aliphatic heterocycles. The summed E-state index contributed by atoms with van der Waals surface area (Å²) in [7, 11) is 0. The summed E-state index contributed by atoms with van der Waals surface area (Å²) in [6, 6.07) is 9.23. The number of aromatic nitrogens is 2. The fourth-order valence-corrected chi connectivity index (χ4v) is 2.58. The number of H-pyrrole nitrogens is 1. The van der Waals surface area contributed by atoms with E-state index in [1.54, 1.807) is 6.20 Å². The van der Waals surface area contributed by atoms with Crippen LogP contribution in [0.25, 0.3) is 0 Å². The van der Waals surface area contributed by atoms with E-state index in [1.807, 2.05) is 6.20 Å². The Bertz CT molecular complexity index is 476. The van der Waals surface area contributed by atoms with E-state index in [0.717, 1.165) is 12.4 Å². The molecule has 0 spiro atoms. The Morgan fingerprint density at radius 1 is 1.35 bits per heavy atom. The molecule has 0 fully saturated rings. The monoisotopic (exact) mass is 227 g/mol. The summed E-state index contributed by atoms with van der Waals surface area (Å²) in [6.07, 6.45) is 7.37. The molecule has 1 aromatic heterocycles. The minimum atomic E-state index is 0.477. The second kappa shape index (κ2) is 4.72. The molecule has 1 aliphatic carbocycles. The van der Waals surface area contributed by atoms with Gasteiger partial charge in [0, 0.05) is 18.4 Å². The van der Waals surface area contributed by atoms with Crippen molar-refractivity contribution >= 4 is 0 Å². The Hall–Kier alpha value is -1.61. The van der Waals surface area contributed by atoms with E-state index in [1.165, 1.54) is 30.4 Å². The van der Waals surface area contributed by atoms with Gasteiger partial charge in [-0.05, 0) is 30.4 Å². The van der Waals surface area contributed by atoms with Gasteiger partial charge in [-0.25, -0.2) is 4.98 Å². The number of nitrogens with one attached hydrogen (secondary N) is 2. The van der Waals surface area contributed by atoms with Crippen molar-refractivity contribution in [2.24, 2.45) is 0 Å². The number of nitrogens with zero attached hydrogens (tertiary/aromatic N) is 1. The number of fused-ring (bicyclic) bond motifs is 1. The van der Waals surface area contributed by atoms with Gasteiger partial charge in [0.1, 0.15) is 5.82 Å². The molecule has 2 N–H and O–H groups in total. The number of hydrogen-bond acceptors (Lipinski definition) is 2. The summed E-state index contributed by atoms with van der Waals surface area (Å²) in [5, 5.41) is 3.59. The molecule has 1 unspecified atom stereocenters. The van der Waals surface area contributed by atoms with Crippen molar-refractivity contribution < 1.29 is 0 Å². The minimum absolute atomic E-state index is 0.477. The van der Waals surface area contributed by atoms with Crippen molar-refractivity contribution in [3.63, 3.8) is 0 Å². The third kappa shape index (κ3) is 2.24. The topological polar surface area (TPSA) is 40.7 Å². The van der Waals surface area contributed by atoms with Crippen LogP contribution in [0.1, 0.15) is 35.8 Å². The van der Waals surface area contributed by atoms with Gasteiger partial charge in [0.2, 0.25) is 0 Å². The Kier molecular flexibility index (Phi) is 2.92. The smallest absolute Gasteiger partial charge is 0.120 e. The first-order chi connectivity index (χ1) is 8.43. The number of benzene rings is 1. The van der Waals surface area contributed by atoms with E-state index in [2.05, 4.69) is 39.6 Å². The Morgan fingerprint density at radius 2 is 2.29 bits per heavy atom. The first kappa shape index (κ1) is 10.5. The van der Waals surface area contributed by atoms with Crippen molar-refractivity contribution in [1.82, 2.24) is 15.3 Å². The maximum Gasteiger partial charge on any atom is 0.120 e. The highest BCUT2D eigenvalue weighted by Crippen LogP contribution is 2.29. The molecule has 3 rings (SSSR count). The van der Waals surface area contributed by atoms with Gasteiger partial charge >= 0.3 is 0 Å². The van der Waals surface area contributed by atoms with Crippen LogP contribution in [0.3, 0.4) is 0 Å². The maximum atomic E-state index is 4.24. The van der Waals surface area contributed by atoms with E-state index in [-0.39, 0.29) is 0 Å². The Balaban J connectivity index is 1.72. The van der Waals surface area contributed by atoms with Crippen LogP contribution >= 0.6 is 0 Å². The van der Waals surface area contributed by atoms with Crippen LogP contribution in [0, 0.1) is 0 Å². The fourth-order valence-electron chi connectivity index (χ4n) is 2.58. The van der Waals surface area contributed by atoms with E-state index in [0.29, 0.717) is 6.04 Å². The normalized spacial score (nSPS) is 18.9. The van der Waals surface area contributed by atoms with Crippen molar-refractivity contribution in [2.75, 3.05) is 0 Å².